The summed E-state index contributed by atoms with van der Waals surface area (Å²) in [4.78, 5) is 14.8. The molecule has 0 bridgehead atoms. The van der Waals surface area contributed by atoms with Crippen molar-refractivity contribution in [2.75, 3.05) is 19.6 Å². The fourth-order valence-corrected chi connectivity index (χ4v) is 2.84. The molecule has 1 atom stereocenters. The van der Waals surface area contributed by atoms with E-state index in [0.29, 0.717) is 5.78 Å². The molecule has 0 aromatic rings. The standard InChI is InChI=1S/C15H29NO/c1-5-7-11-16(6-2)12-13-9-8-10-15(3,4)14(13)17/h13H,5-12H2,1-4H3. The summed E-state index contributed by atoms with van der Waals surface area (Å²) >= 11 is 0. The molecule has 0 spiro atoms. The van der Waals surface area contributed by atoms with Gasteiger partial charge in [-0.1, -0.05) is 40.5 Å². The Kier molecular flexibility index (Phi) is 5.64. The summed E-state index contributed by atoms with van der Waals surface area (Å²) in [5.74, 6) is 0.786. The van der Waals surface area contributed by atoms with Crippen LogP contribution in [0.5, 0.6) is 0 Å². The molecule has 1 rings (SSSR count). The molecule has 0 amide bonds. The number of rotatable bonds is 6. The lowest BCUT2D eigenvalue weighted by Crippen LogP contribution is -2.42. The molecular weight excluding hydrogens is 210 g/mol. The van der Waals surface area contributed by atoms with Gasteiger partial charge in [0.15, 0.2) is 0 Å². The van der Waals surface area contributed by atoms with Crippen molar-refractivity contribution >= 4 is 5.78 Å². The van der Waals surface area contributed by atoms with Gasteiger partial charge in [0.25, 0.3) is 0 Å². The van der Waals surface area contributed by atoms with Crippen LogP contribution in [-0.2, 0) is 4.79 Å². The summed E-state index contributed by atoms with van der Waals surface area (Å²) < 4.78 is 0. The Morgan fingerprint density at radius 2 is 2.06 bits per heavy atom. The quantitative estimate of drug-likeness (QED) is 0.707. The van der Waals surface area contributed by atoms with E-state index < -0.39 is 0 Å². The fourth-order valence-electron chi connectivity index (χ4n) is 2.84. The first-order valence-electron chi connectivity index (χ1n) is 7.28. The van der Waals surface area contributed by atoms with Gasteiger partial charge in [0.2, 0.25) is 0 Å². The minimum absolute atomic E-state index is 0.0763. The number of nitrogens with zero attached hydrogens (tertiary/aromatic N) is 1. The second-order valence-electron chi connectivity index (χ2n) is 6.08. The molecule has 0 aromatic heterocycles. The summed E-state index contributed by atoms with van der Waals surface area (Å²) in [6.07, 6.45) is 5.88. The van der Waals surface area contributed by atoms with Crippen molar-refractivity contribution in [3.05, 3.63) is 0 Å². The Labute approximate surface area is 107 Å². The number of hydrogen-bond acceptors (Lipinski definition) is 2. The van der Waals surface area contributed by atoms with Crippen LogP contribution in [0.3, 0.4) is 0 Å². The van der Waals surface area contributed by atoms with E-state index in [-0.39, 0.29) is 11.3 Å². The molecule has 17 heavy (non-hydrogen) atoms. The predicted octanol–water partition coefficient (Wildman–Crippen LogP) is 3.50. The Bertz CT molecular complexity index is 247. The molecule has 1 unspecified atom stereocenters. The van der Waals surface area contributed by atoms with Gasteiger partial charge in [-0.3, -0.25) is 4.79 Å². The predicted molar refractivity (Wildman–Crippen MR) is 73.2 cm³/mol. The minimum Gasteiger partial charge on any atom is -0.303 e. The Hall–Kier alpha value is -0.370. The van der Waals surface area contributed by atoms with Crippen LogP contribution in [0.1, 0.15) is 59.8 Å². The van der Waals surface area contributed by atoms with Crippen LogP contribution in [0.25, 0.3) is 0 Å². The van der Waals surface area contributed by atoms with E-state index in [0.717, 1.165) is 32.5 Å². The summed E-state index contributed by atoms with van der Waals surface area (Å²) in [5.41, 5.74) is -0.0763. The number of hydrogen-bond donors (Lipinski definition) is 0. The first kappa shape index (κ1) is 14.7. The lowest BCUT2D eigenvalue weighted by molar-refractivity contribution is -0.135. The van der Waals surface area contributed by atoms with Crippen LogP contribution < -0.4 is 0 Å². The molecule has 0 saturated heterocycles. The molecule has 1 aliphatic rings. The molecule has 1 fully saturated rings. The summed E-state index contributed by atoms with van der Waals surface area (Å²) in [7, 11) is 0. The first-order valence-corrected chi connectivity index (χ1v) is 7.28. The van der Waals surface area contributed by atoms with E-state index in [1.54, 1.807) is 0 Å². The van der Waals surface area contributed by atoms with Gasteiger partial charge >= 0.3 is 0 Å². The number of Topliss-reactive ketones (excluding diaryl/α,β-unsaturated/α-hetero) is 1. The Morgan fingerprint density at radius 1 is 1.35 bits per heavy atom. The van der Waals surface area contributed by atoms with Gasteiger partial charge in [-0.25, -0.2) is 0 Å². The highest BCUT2D eigenvalue weighted by atomic mass is 16.1. The molecule has 0 aliphatic heterocycles. The van der Waals surface area contributed by atoms with E-state index in [4.69, 9.17) is 0 Å². The molecule has 0 aromatic carbocycles. The second kappa shape index (κ2) is 6.53. The van der Waals surface area contributed by atoms with Gasteiger partial charge in [-0.2, -0.15) is 0 Å². The lowest BCUT2D eigenvalue weighted by Gasteiger charge is -2.36. The van der Waals surface area contributed by atoms with Crippen LogP contribution in [0.2, 0.25) is 0 Å². The summed E-state index contributed by atoms with van der Waals surface area (Å²) in [6.45, 7) is 11.9. The van der Waals surface area contributed by atoms with Crippen LogP contribution in [0.4, 0.5) is 0 Å². The average Bonchev–Trinajstić information content (AvgIpc) is 2.29. The molecule has 1 saturated carbocycles. The number of ketones is 1. The van der Waals surface area contributed by atoms with Crippen LogP contribution in [-0.4, -0.2) is 30.3 Å². The van der Waals surface area contributed by atoms with E-state index in [2.05, 4.69) is 32.6 Å². The van der Waals surface area contributed by atoms with E-state index >= 15 is 0 Å². The normalized spacial score (nSPS) is 24.3. The third-order valence-electron chi connectivity index (χ3n) is 4.15. The highest BCUT2D eigenvalue weighted by molar-refractivity contribution is 5.87. The lowest BCUT2D eigenvalue weighted by atomic mass is 9.71. The van der Waals surface area contributed by atoms with E-state index in [1.807, 2.05) is 0 Å². The van der Waals surface area contributed by atoms with Crippen LogP contribution >= 0.6 is 0 Å². The third kappa shape index (κ3) is 4.09. The van der Waals surface area contributed by atoms with Crippen LogP contribution in [0, 0.1) is 11.3 Å². The zero-order valence-electron chi connectivity index (χ0n) is 12.1. The van der Waals surface area contributed by atoms with Gasteiger partial charge in [0.1, 0.15) is 5.78 Å². The zero-order valence-corrected chi connectivity index (χ0v) is 12.1. The smallest absolute Gasteiger partial charge is 0.142 e. The van der Waals surface area contributed by atoms with Gasteiger partial charge in [0.05, 0.1) is 0 Å². The first-order chi connectivity index (χ1) is 8.01. The van der Waals surface area contributed by atoms with E-state index in [1.165, 1.54) is 19.3 Å². The van der Waals surface area contributed by atoms with Crippen molar-refractivity contribution in [2.45, 2.75) is 59.8 Å². The van der Waals surface area contributed by atoms with Gasteiger partial charge in [0, 0.05) is 17.9 Å². The maximum Gasteiger partial charge on any atom is 0.142 e. The molecule has 2 nitrogen and oxygen atoms in total. The van der Waals surface area contributed by atoms with E-state index in [9.17, 15) is 4.79 Å². The van der Waals surface area contributed by atoms with Crippen molar-refractivity contribution in [2.24, 2.45) is 11.3 Å². The molecular formula is C15H29NO. The van der Waals surface area contributed by atoms with Crippen molar-refractivity contribution in [3.8, 4) is 0 Å². The molecule has 0 heterocycles. The number of carbonyl (C=O) groups excluding carboxylic acids is 1. The average molecular weight is 239 g/mol. The Morgan fingerprint density at radius 3 is 2.65 bits per heavy atom. The fraction of sp³-hybridized carbons (Fsp3) is 0.933. The maximum atomic E-state index is 12.3. The number of unbranched alkanes of at least 4 members (excludes halogenated alkanes) is 1. The minimum atomic E-state index is -0.0763. The molecule has 0 radical (unpaired) electrons. The van der Waals surface area contributed by atoms with Gasteiger partial charge in [-0.15, -0.1) is 0 Å². The topological polar surface area (TPSA) is 20.3 Å². The second-order valence-corrected chi connectivity index (χ2v) is 6.08. The van der Waals surface area contributed by atoms with Gasteiger partial charge < -0.3 is 4.90 Å². The molecule has 1 aliphatic carbocycles. The largest absolute Gasteiger partial charge is 0.303 e. The van der Waals surface area contributed by atoms with Crippen LogP contribution in [0.15, 0.2) is 0 Å². The monoisotopic (exact) mass is 239 g/mol. The van der Waals surface area contributed by atoms with Gasteiger partial charge in [-0.05, 0) is 32.4 Å². The maximum absolute atomic E-state index is 12.3. The van der Waals surface area contributed by atoms with Crippen molar-refractivity contribution in [1.29, 1.82) is 0 Å². The highest BCUT2D eigenvalue weighted by Gasteiger charge is 2.37. The third-order valence-corrected chi connectivity index (χ3v) is 4.15. The van der Waals surface area contributed by atoms with Crippen molar-refractivity contribution in [3.63, 3.8) is 0 Å². The zero-order chi connectivity index (χ0) is 12.9. The van der Waals surface area contributed by atoms with Crippen molar-refractivity contribution < 1.29 is 4.79 Å². The SMILES string of the molecule is CCCCN(CC)CC1CCCC(C)(C)C1=O. The molecule has 2 heteroatoms. The molecule has 100 valence electrons. The van der Waals surface area contributed by atoms with Crippen molar-refractivity contribution in [1.82, 2.24) is 4.90 Å². The summed E-state index contributed by atoms with van der Waals surface area (Å²) in [6, 6.07) is 0. The Balaban J connectivity index is 2.51. The highest BCUT2D eigenvalue weighted by Crippen LogP contribution is 2.35. The number of carbonyl (C=O) groups is 1. The summed E-state index contributed by atoms with van der Waals surface area (Å²) in [5, 5.41) is 0. The molecule has 0 N–H and O–H groups in total.